The molecule has 1 saturated heterocycles. The number of nitrogens with zero attached hydrogens (tertiary/aromatic N) is 1. The third kappa shape index (κ3) is 2.85. The van der Waals surface area contributed by atoms with Gasteiger partial charge in [-0.05, 0) is 24.1 Å². The van der Waals surface area contributed by atoms with Gasteiger partial charge in [0.2, 0.25) is 5.91 Å². The molecule has 1 N–H and O–H groups in total. The lowest BCUT2D eigenvalue weighted by molar-refractivity contribution is -0.129. The molecule has 108 valence electrons. The Morgan fingerprint density at radius 3 is 2.80 bits per heavy atom. The van der Waals surface area contributed by atoms with Crippen LogP contribution in [0.5, 0.6) is 0 Å². The van der Waals surface area contributed by atoms with E-state index in [2.05, 4.69) is 21.2 Å². The lowest BCUT2D eigenvalue weighted by Gasteiger charge is -2.37. The summed E-state index contributed by atoms with van der Waals surface area (Å²) >= 11 is 3.16. The largest absolute Gasteiger partial charge is 0.353 e. The molecule has 4 nitrogen and oxygen atoms in total. The molecule has 20 heavy (non-hydrogen) atoms. The molecule has 2 rings (SSSR count). The second-order valence-corrected chi connectivity index (χ2v) is 6.02. The molecule has 0 unspecified atom stereocenters. The van der Waals surface area contributed by atoms with Gasteiger partial charge in [-0.25, -0.2) is 4.39 Å². The normalized spacial score (nSPS) is 19.1. The van der Waals surface area contributed by atoms with Crippen LogP contribution < -0.4 is 5.32 Å². The van der Waals surface area contributed by atoms with E-state index in [1.165, 1.54) is 17.0 Å². The van der Waals surface area contributed by atoms with Crippen molar-refractivity contribution >= 4 is 27.7 Å². The van der Waals surface area contributed by atoms with Gasteiger partial charge in [-0.1, -0.05) is 29.8 Å². The minimum atomic E-state index is -0.585. The van der Waals surface area contributed by atoms with Crippen LogP contribution in [-0.4, -0.2) is 35.8 Å². The number of carbonyl (C=O) groups excluding carboxylic acids is 2. The molecule has 1 aliphatic rings. The number of rotatable bonds is 2. The molecular formula is C14H16BrFN2O2. The molecule has 1 aromatic carbocycles. The van der Waals surface area contributed by atoms with Crippen molar-refractivity contribution in [2.24, 2.45) is 5.92 Å². The molecule has 2 amide bonds. The van der Waals surface area contributed by atoms with Gasteiger partial charge in [-0.2, -0.15) is 0 Å². The lowest BCUT2D eigenvalue weighted by Crippen LogP contribution is -2.59. The van der Waals surface area contributed by atoms with Gasteiger partial charge in [-0.3, -0.25) is 9.59 Å². The van der Waals surface area contributed by atoms with Gasteiger partial charge in [0, 0.05) is 17.6 Å². The van der Waals surface area contributed by atoms with E-state index in [0.29, 0.717) is 17.6 Å². The molecule has 1 atom stereocenters. The van der Waals surface area contributed by atoms with Crippen LogP contribution in [0.25, 0.3) is 0 Å². The van der Waals surface area contributed by atoms with Crippen LogP contribution in [-0.2, 0) is 4.79 Å². The Morgan fingerprint density at radius 2 is 2.20 bits per heavy atom. The van der Waals surface area contributed by atoms with Crippen molar-refractivity contribution in [3.63, 3.8) is 0 Å². The van der Waals surface area contributed by atoms with Crippen molar-refractivity contribution in [3.05, 3.63) is 34.1 Å². The predicted molar refractivity (Wildman–Crippen MR) is 76.8 cm³/mol. The number of carbonyl (C=O) groups is 2. The number of halogens is 2. The van der Waals surface area contributed by atoms with Gasteiger partial charge in [0.15, 0.2) is 0 Å². The van der Waals surface area contributed by atoms with Crippen molar-refractivity contribution < 1.29 is 14.0 Å². The zero-order chi connectivity index (χ0) is 14.9. The highest BCUT2D eigenvalue weighted by atomic mass is 79.9. The predicted octanol–water partition coefficient (Wildman–Crippen LogP) is 2.18. The maximum absolute atomic E-state index is 13.9. The van der Waals surface area contributed by atoms with Gasteiger partial charge < -0.3 is 10.2 Å². The van der Waals surface area contributed by atoms with E-state index in [1.54, 1.807) is 6.07 Å². The fourth-order valence-electron chi connectivity index (χ4n) is 2.39. The van der Waals surface area contributed by atoms with Crippen molar-refractivity contribution in [2.75, 3.05) is 13.1 Å². The highest BCUT2D eigenvalue weighted by Gasteiger charge is 2.36. The highest BCUT2D eigenvalue weighted by Crippen LogP contribution is 2.21. The summed E-state index contributed by atoms with van der Waals surface area (Å²) in [6, 6.07) is 3.75. The molecule has 0 spiro atoms. The first-order chi connectivity index (χ1) is 9.41. The van der Waals surface area contributed by atoms with E-state index in [9.17, 15) is 14.0 Å². The Morgan fingerprint density at radius 1 is 1.50 bits per heavy atom. The van der Waals surface area contributed by atoms with E-state index in [1.807, 2.05) is 13.8 Å². The Hall–Kier alpha value is -1.43. The minimum absolute atomic E-state index is 0.00597. The summed E-state index contributed by atoms with van der Waals surface area (Å²) in [6.45, 7) is 4.52. The maximum Gasteiger partial charge on any atom is 0.257 e. The summed E-state index contributed by atoms with van der Waals surface area (Å²) in [7, 11) is 0. The van der Waals surface area contributed by atoms with Crippen LogP contribution in [0.4, 0.5) is 4.39 Å². The second-order valence-electron chi connectivity index (χ2n) is 5.10. The second kappa shape index (κ2) is 5.91. The maximum atomic E-state index is 13.9. The number of benzene rings is 1. The average Bonchev–Trinajstić information content (AvgIpc) is 2.37. The molecule has 1 aromatic rings. The summed E-state index contributed by atoms with van der Waals surface area (Å²) in [5.74, 6) is -1.24. The van der Waals surface area contributed by atoms with Gasteiger partial charge in [-0.15, -0.1) is 0 Å². The van der Waals surface area contributed by atoms with Crippen molar-refractivity contribution in [1.29, 1.82) is 0 Å². The zero-order valence-electron chi connectivity index (χ0n) is 11.3. The number of nitrogens with one attached hydrogen (secondary N) is 1. The Balaban J connectivity index is 2.33. The molecule has 0 bridgehead atoms. The number of amides is 2. The van der Waals surface area contributed by atoms with E-state index in [-0.39, 0.29) is 17.4 Å². The van der Waals surface area contributed by atoms with E-state index < -0.39 is 17.8 Å². The Bertz CT molecular complexity index is 548. The molecule has 0 aromatic heterocycles. The van der Waals surface area contributed by atoms with Crippen LogP contribution >= 0.6 is 15.9 Å². The average molecular weight is 343 g/mol. The number of hydrogen-bond donors (Lipinski definition) is 1. The lowest BCUT2D eigenvalue weighted by atomic mass is 9.98. The third-order valence-electron chi connectivity index (χ3n) is 3.31. The fourth-order valence-corrected chi connectivity index (χ4v) is 2.73. The summed E-state index contributed by atoms with van der Waals surface area (Å²) in [5.41, 5.74) is -0.00597. The summed E-state index contributed by atoms with van der Waals surface area (Å²) in [6.07, 6.45) is 0. The third-order valence-corrected chi connectivity index (χ3v) is 3.80. The molecule has 0 aliphatic carbocycles. The highest BCUT2D eigenvalue weighted by molar-refractivity contribution is 9.10. The van der Waals surface area contributed by atoms with Crippen LogP contribution in [0.1, 0.15) is 24.2 Å². The number of piperazine rings is 1. The fraction of sp³-hybridized carbons (Fsp3) is 0.429. The van der Waals surface area contributed by atoms with Crippen LogP contribution in [0.15, 0.2) is 22.7 Å². The SMILES string of the molecule is CC(C)[C@@H]1C(=O)NCCN1C(=O)c1ccc(Br)cc1F. The van der Waals surface area contributed by atoms with Gasteiger partial charge >= 0.3 is 0 Å². The van der Waals surface area contributed by atoms with Crippen molar-refractivity contribution in [3.8, 4) is 0 Å². The first-order valence-electron chi connectivity index (χ1n) is 6.45. The van der Waals surface area contributed by atoms with E-state index >= 15 is 0 Å². The van der Waals surface area contributed by atoms with E-state index in [4.69, 9.17) is 0 Å². The zero-order valence-corrected chi connectivity index (χ0v) is 12.9. The van der Waals surface area contributed by atoms with E-state index in [0.717, 1.165) is 0 Å². The van der Waals surface area contributed by atoms with Gasteiger partial charge in [0.25, 0.3) is 5.91 Å². The van der Waals surface area contributed by atoms with Crippen molar-refractivity contribution in [1.82, 2.24) is 10.2 Å². The monoisotopic (exact) mass is 342 g/mol. The van der Waals surface area contributed by atoms with Gasteiger partial charge in [0.05, 0.1) is 5.56 Å². The Kier molecular flexibility index (Phi) is 4.42. The van der Waals surface area contributed by atoms with Crippen molar-refractivity contribution in [2.45, 2.75) is 19.9 Å². The minimum Gasteiger partial charge on any atom is -0.353 e. The van der Waals surface area contributed by atoms with Crippen LogP contribution in [0.2, 0.25) is 0 Å². The number of hydrogen-bond acceptors (Lipinski definition) is 2. The summed E-state index contributed by atoms with van der Waals surface area (Å²) in [5, 5.41) is 2.74. The topological polar surface area (TPSA) is 49.4 Å². The molecule has 1 aliphatic heterocycles. The molecule has 6 heteroatoms. The van der Waals surface area contributed by atoms with Gasteiger partial charge in [0.1, 0.15) is 11.9 Å². The first kappa shape index (κ1) is 15.0. The van der Waals surface area contributed by atoms with Crippen LogP contribution in [0.3, 0.4) is 0 Å². The molecule has 0 radical (unpaired) electrons. The quantitative estimate of drug-likeness (QED) is 0.895. The smallest absolute Gasteiger partial charge is 0.257 e. The first-order valence-corrected chi connectivity index (χ1v) is 7.25. The summed E-state index contributed by atoms with van der Waals surface area (Å²) < 4.78 is 14.5. The molecule has 1 heterocycles. The Labute approximate surface area is 125 Å². The van der Waals surface area contributed by atoms with Crippen LogP contribution in [0, 0.1) is 11.7 Å². The molecule has 0 saturated carbocycles. The summed E-state index contributed by atoms with van der Waals surface area (Å²) in [4.78, 5) is 25.9. The standard InChI is InChI=1S/C14H16BrFN2O2/c1-8(2)12-13(19)17-5-6-18(12)14(20)10-4-3-9(15)7-11(10)16/h3-4,7-8,12H,5-6H2,1-2H3,(H,17,19)/t12-/m1/s1. The molecule has 1 fully saturated rings. The molecular weight excluding hydrogens is 327 g/mol.